The van der Waals surface area contributed by atoms with Gasteiger partial charge in [0.05, 0.1) is 24.6 Å². The van der Waals surface area contributed by atoms with Gasteiger partial charge in [-0.2, -0.15) is 5.10 Å². The molecule has 21 heavy (non-hydrogen) atoms. The van der Waals surface area contributed by atoms with Crippen LogP contribution in [0.2, 0.25) is 0 Å². The zero-order chi connectivity index (χ0) is 15.2. The van der Waals surface area contributed by atoms with Gasteiger partial charge < -0.3 is 9.84 Å². The lowest BCUT2D eigenvalue weighted by Crippen LogP contribution is -2.02. The van der Waals surface area contributed by atoms with Crippen LogP contribution in [0, 0.1) is 0 Å². The fourth-order valence-corrected chi connectivity index (χ4v) is 2.12. The van der Waals surface area contributed by atoms with Crippen molar-refractivity contribution in [2.75, 3.05) is 12.5 Å². The maximum atomic E-state index is 11.1. The first-order valence-electron chi connectivity index (χ1n) is 6.06. The van der Waals surface area contributed by atoms with E-state index in [1.165, 1.54) is 6.07 Å². The number of nitrogens with zero attached hydrogens (tertiary/aromatic N) is 1. The van der Waals surface area contributed by atoms with Crippen molar-refractivity contribution in [2.24, 2.45) is 5.10 Å². The molecule has 0 radical (unpaired) electrons. The van der Waals surface area contributed by atoms with Crippen LogP contribution >= 0.6 is 15.9 Å². The van der Waals surface area contributed by atoms with E-state index in [1.807, 2.05) is 18.2 Å². The second-order valence-electron chi connectivity index (χ2n) is 4.11. The molecule has 0 aliphatic rings. The van der Waals surface area contributed by atoms with Gasteiger partial charge in [0, 0.05) is 10.0 Å². The highest BCUT2D eigenvalue weighted by atomic mass is 79.9. The van der Waals surface area contributed by atoms with Crippen molar-refractivity contribution in [1.29, 1.82) is 0 Å². The van der Waals surface area contributed by atoms with Crippen molar-refractivity contribution < 1.29 is 14.6 Å². The summed E-state index contributed by atoms with van der Waals surface area (Å²) in [5, 5.41) is 13.1. The minimum Gasteiger partial charge on any atom is -0.496 e. The lowest BCUT2D eigenvalue weighted by molar-refractivity contribution is 0.0698. The maximum absolute atomic E-state index is 11.1. The monoisotopic (exact) mass is 348 g/mol. The summed E-state index contributed by atoms with van der Waals surface area (Å²) in [5.41, 5.74) is 4.09. The highest BCUT2D eigenvalue weighted by Crippen LogP contribution is 2.21. The van der Waals surface area contributed by atoms with E-state index < -0.39 is 5.97 Å². The van der Waals surface area contributed by atoms with Gasteiger partial charge in [0.1, 0.15) is 5.75 Å². The third-order valence-corrected chi connectivity index (χ3v) is 3.23. The van der Waals surface area contributed by atoms with Gasteiger partial charge in [-0.25, -0.2) is 4.79 Å². The molecule has 0 heterocycles. The predicted molar refractivity (Wildman–Crippen MR) is 85.3 cm³/mol. The van der Waals surface area contributed by atoms with E-state index in [4.69, 9.17) is 9.84 Å². The molecule has 0 aromatic heterocycles. The Bertz CT molecular complexity index is 686. The lowest BCUT2D eigenvalue weighted by atomic mass is 10.2. The molecule has 2 N–H and O–H groups in total. The van der Waals surface area contributed by atoms with Crippen LogP contribution in [0.3, 0.4) is 0 Å². The van der Waals surface area contributed by atoms with Crippen molar-refractivity contribution in [3.05, 3.63) is 58.1 Å². The Hall–Kier alpha value is -2.34. The second kappa shape index (κ2) is 6.90. The number of para-hydroxylation sites is 1. The molecular weight excluding hydrogens is 336 g/mol. The van der Waals surface area contributed by atoms with Crippen molar-refractivity contribution in [2.45, 2.75) is 0 Å². The zero-order valence-electron chi connectivity index (χ0n) is 11.2. The summed E-state index contributed by atoms with van der Waals surface area (Å²) in [6.07, 6.45) is 1.57. The fraction of sp³-hybridized carbons (Fsp3) is 0.0667. The number of methoxy groups -OCH3 is 1. The Labute approximate surface area is 130 Å². The molecule has 0 saturated heterocycles. The smallest absolute Gasteiger partial charge is 0.337 e. The Kier molecular flexibility index (Phi) is 4.94. The first-order valence-corrected chi connectivity index (χ1v) is 6.86. The summed E-state index contributed by atoms with van der Waals surface area (Å²) in [5.74, 6) is -0.330. The number of carbonyl (C=O) groups is 1. The van der Waals surface area contributed by atoms with Crippen LogP contribution in [0.4, 0.5) is 5.69 Å². The van der Waals surface area contributed by atoms with Gasteiger partial charge in [0.15, 0.2) is 0 Å². The van der Waals surface area contributed by atoms with Crippen LogP contribution in [0.25, 0.3) is 0 Å². The lowest BCUT2D eigenvalue weighted by Gasteiger charge is -2.06. The van der Waals surface area contributed by atoms with Crippen molar-refractivity contribution in [1.82, 2.24) is 0 Å². The van der Waals surface area contributed by atoms with E-state index in [9.17, 15) is 4.79 Å². The second-order valence-corrected chi connectivity index (χ2v) is 5.02. The van der Waals surface area contributed by atoms with Crippen molar-refractivity contribution in [3.63, 3.8) is 0 Å². The number of hydrogen-bond acceptors (Lipinski definition) is 4. The molecule has 2 aromatic rings. The number of nitrogens with one attached hydrogen (secondary N) is 1. The molecule has 0 saturated carbocycles. The number of halogens is 1. The van der Waals surface area contributed by atoms with Crippen LogP contribution in [-0.4, -0.2) is 24.4 Å². The molecule has 108 valence electrons. The first kappa shape index (κ1) is 15.1. The Morgan fingerprint density at radius 2 is 2.10 bits per heavy atom. The normalized spacial score (nSPS) is 10.6. The van der Waals surface area contributed by atoms with Crippen LogP contribution in [0.1, 0.15) is 15.9 Å². The van der Waals surface area contributed by atoms with Gasteiger partial charge in [-0.15, -0.1) is 0 Å². The quantitative estimate of drug-likeness (QED) is 0.639. The van der Waals surface area contributed by atoms with Gasteiger partial charge in [-0.1, -0.05) is 28.1 Å². The summed E-state index contributed by atoms with van der Waals surface area (Å²) >= 11 is 3.38. The molecule has 0 unspecified atom stereocenters. The standard InChI is InChI=1S/C15H13BrN2O3/c1-21-14-7-6-11(16)8-10(14)9-17-18-13-5-3-2-4-12(13)15(19)20/h2-9,18H,1H3,(H,19,20). The van der Waals surface area contributed by atoms with E-state index >= 15 is 0 Å². The van der Waals surface area contributed by atoms with E-state index in [-0.39, 0.29) is 5.56 Å². The summed E-state index contributed by atoms with van der Waals surface area (Å²) in [4.78, 5) is 11.1. The van der Waals surface area contributed by atoms with E-state index in [0.717, 1.165) is 10.0 Å². The minimum absolute atomic E-state index is 0.163. The number of aromatic carboxylic acids is 1. The molecule has 0 aliphatic heterocycles. The minimum atomic E-state index is -1.01. The number of hydrazone groups is 1. The average Bonchev–Trinajstić information content (AvgIpc) is 2.48. The molecule has 0 amide bonds. The molecule has 5 nitrogen and oxygen atoms in total. The van der Waals surface area contributed by atoms with Crippen molar-refractivity contribution >= 4 is 33.8 Å². The number of carboxylic acids is 1. The fourth-order valence-electron chi connectivity index (χ4n) is 1.74. The number of benzene rings is 2. The van der Waals surface area contributed by atoms with Crippen LogP contribution < -0.4 is 10.2 Å². The van der Waals surface area contributed by atoms with Crippen LogP contribution in [0.15, 0.2) is 52.0 Å². The van der Waals surface area contributed by atoms with Gasteiger partial charge in [0.2, 0.25) is 0 Å². The molecular formula is C15H13BrN2O3. The third-order valence-electron chi connectivity index (χ3n) is 2.74. The predicted octanol–water partition coefficient (Wildman–Crippen LogP) is 3.60. The molecule has 0 aliphatic carbocycles. The first-order chi connectivity index (χ1) is 10.1. The largest absolute Gasteiger partial charge is 0.496 e. The number of hydrogen-bond donors (Lipinski definition) is 2. The van der Waals surface area contributed by atoms with Crippen LogP contribution in [0.5, 0.6) is 5.75 Å². The summed E-state index contributed by atoms with van der Waals surface area (Å²) in [7, 11) is 1.58. The molecule has 0 atom stereocenters. The summed E-state index contributed by atoms with van der Waals surface area (Å²) in [6.45, 7) is 0. The molecule has 6 heteroatoms. The van der Waals surface area contributed by atoms with E-state index in [1.54, 1.807) is 31.5 Å². The average molecular weight is 349 g/mol. The maximum Gasteiger partial charge on any atom is 0.337 e. The number of anilines is 1. The summed E-state index contributed by atoms with van der Waals surface area (Å²) < 4.78 is 6.13. The number of rotatable bonds is 5. The molecule has 0 spiro atoms. The zero-order valence-corrected chi connectivity index (χ0v) is 12.8. The van der Waals surface area contributed by atoms with Gasteiger partial charge in [-0.05, 0) is 30.3 Å². The highest BCUT2D eigenvalue weighted by Gasteiger charge is 2.07. The third kappa shape index (κ3) is 3.82. The van der Waals surface area contributed by atoms with Gasteiger partial charge >= 0.3 is 5.97 Å². The SMILES string of the molecule is COc1ccc(Br)cc1C=NNc1ccccc1C(=O)O. The molecule has 2 rings (SSSR count). The van der Waals surface area contributed by atoms with Crippen LogP contribution in [-0.2, 0) is 0 Å². The van der Waals surface area contributed by atoms with Crippen molar-refractivity contribution in [3.8, 4) is 5.75 Å². The molecule has 0 fully saturated rings. The molecule has 0 bridgehead atoms. The van der Waals surface area contributed by atoms with E-state index in [2.05, 4.69) is 26.5 Å². The molecule has 2 aromatic carbocycles. The topological polar surface area (TPSA) is 70.9 Å². The number of carboxylic acid groups (broad SMARTS) is 1. The highest BCUT2D eigenvalue weighted by molar-refractivity contribution is 9.10. The Morgan fingerprint density at radius 3 is 2.81 bits per heavy atom. The number of ether oxygens (including phenoxy) is 1. The Balaban J connectivity index is 2.20. The van der Waals surface area contributed by atoms with E-state index in [0.29, 0.717) is 11.4 Å². The summed E-state index contributed by atoms with van der Waals surface area (Å²) in [6, 6.07) is 12.1. The van der Waals surface area contributed by atoms with Gasteiger partial charge in [-0.3, -0.25) is 5.43 Å². The Morgan fingerprint density at radius 1 is 1.33 bits per heavy atom. The van der Waals surface area contributed by atoms with Gasteiger partial charge in [0.25, 0.3) is 0 Å².